The summed E-state index contributed by atoms with van der Waals surface area (Å²) in [6, 6.07) is 11.2. The number of rotatable bonds is 15. The Kier molecular flexibility index (Phi) is 11.6. The Hall–Kier alpha value is -1.38. The maximum Gasteiger partial charge on any atom is 0.205 e. The molecule has 0 saturated carbocycles. The summed E-state index contributed by atoms with van der Waals surface area (Å²) in [6.45, 7) is 7.86. The van der Waals surface area contributed by atoms with Crippen LogP contribution in [-0.4, -0.2) is 43.8 Å². The zero-order valence-electron chi connectivity index (χ0n) is 20.7. The van der Waals surface area contributed by atoms with Crippen molar-refractivity contribution in [3.63, 3.8) is 0 Å². The normalized spacial score (nSPS) is 15.5. The molecule has 2 aromatic rings. The molecule has 2 aromatic carbocycles. The molecule has 1 atom stereocenters. The van der Waals surface area contributed by atoms with Gasteiger partial charge in [0.2, 0.25) is 5.79 Å². The fraction of sp³-hybridized carbons (Fsp3) is 0.556. The molecule has 6 nitrogen and oxygen atoms in total. The molecule has 1 unspecified atom stereocenters. The van der Waals surface area contributed by atoms with Gasteiger partial charge in [-0.2, -0.15) is 0 Å². The standard InChI is InChI=1S/C27H37Cl2NO5/c1-27(2)34-18-21-16-20(10-11-26(21)35-27)25(31)17-30-12-5-3-4-6-13-32-14-15-33-19-22-23(28)8-7-9-24(22)29/h7-11,16,25,30-31H,3-6,12-15,17-19H2,1-2H3. The molecular weight excluding hydrogens is 489 g/mol. The van der Waals surface area contributed by atoms with E-state index in [0.29, 0.717) is 43.0 Å². The van der Waals surface area contributed by atoms with Crippen molar-refractivity contribution >= 4 is 23.2 Å². The first kappa shape index (κ1) is 28.2. The average Bonchev–Trinajstić information content (AvgIpc) is 2.82. The number of halogens is 2. The number of fused-ring (bicyclic) bond motifs is 1. The number of benzene rings is 2. The fourth-order valence-corrected chi connectivity index (χ4v) is 4.30. The van der Waals surface area contributed by atoms with E-state index in [1.165, 1.54) is 0 Å². The Bertz CT molecular complexity index is 904. The van der Waals surface area contributed by atoms with E-state index in [1.54, 1.807) is 0 Å². The lowest BCUT2D eigenvalue weighted by atomic mass is 10.0. The van der Waals surface area contributed by atoms with E-state index in [9.17, 15) is 5.11 Å². The summed E-state index contributed by atoms with van der Waals surface area (Å²) >= 11 is 12.3. The molecule has 0 amide bonds. The molecule has 2 N–H and O–H groups in total. The van der Waals surface area contributed by atoms with Crippen LogP contribution in [0.4, 0.5) is 0 Å². The molecule has 0 aliphatic carbocycles. The fourth-order valence-electron chi connectivity index (χ4n) is 3.79. The quantitative estimate of drug-likeness (QED) is 0.275. The van der Waals surface area contributed by atoms with Crippen LogP contribution in [0.25, 0.3) is 0 Å². The SMILES string of the molecule is CC1(C)OCc2cc(C(O)CNCCCCCCOCCOCc3c(Cl)cccc3Cl)ccc2O1. The predicted molar refractivity (Wildman–Crippen MR) is 139 cm³/mol. The van der Waals surface area contributed by atoms with Crippen molar-refractivity contribution in [2.24, 2.45) is 0 Å². The molecule has 0 bridgehead atoms. The lowest BCUT2D eigenvalue weighted by Gasteiger charge is -2.33. The molecule has 1 aliphatic heterocycles. The Morgan fingerprint density at radius 1 is 1.00 bits per heavy atom. The van der Waals surface area contributed by atoms with E-state index >= 15 is 0 Å². The molecule has 0 fully saturated rings. The van der Waals surface area contributed by atoms with Gasteiger partial charge in [-0.05, 0) is 49.2 Å². The zero-order valence-corrected chi connectivity index (χ0v) is 22.2. The second kappa shape index (κ2) is 14.4. The molecule has 0 saturated heterocycles. The second-order valence-electron chi connectivity index (χ2n) is 9.16. The third-order valence-electron chi connectivity index (χ3n) is 5.81. The van der Waals surface area contributed by atoms with Crippen LogP contribution in [0.15, 0.2) is 36.4 Å². The summed E-state index contributed by atoms with van der Waals surface area (Å²) in [5, 5.41) is 15.1. The first-order valence-electron chi connectivity index (χ1n) is 12.3. The van der Waals surface area contributed by atoms with Crippen LogP contribution in [0.1, 0.15) is 62.3 Å². The number of ether oxygens (including phenoxy) is 4. The Labute approximate surface area is 218 Å². The van der Waals surface area contributed by atoms with E-state index in [-0.39, 0.29) is 0 Å². The van der Waals surface area contributed by atoms with E-state index in [0.717, 1.165) is 61.3 Å². The first-order valence-corrected chi connectivity index (χ1v) is 13.0. The Morgan fingerprint density at radius 3 is 2.54 bits per heavy atom. The van der Waals surface area contributed by atoms with Crippen LogP contribution in [0, 0.1) is 0 Å². The lowest BCUT2D eigenvalue weighted by molar-refractivity contribution is -0.180. The van der Waals surface area contributed by atoms with Gasteiger partial charge >= 0.3 is 0 Å². The van der Waals surface area contributed by atoms with Gasteiger partial charge in [-0.1, -0.05) is 48.2 Å². The van der Waals surface area contributed by atoms with E-state index < -0.39 is 11.9 Å². The zero-order chi connectivity index (χ0) is 25.1. The minimum absolute atomic E-state index is 0.386. The molecule has 0 aromatic heterocycles. The largest absolute Gasteiger partial charge is 0.463 e. The molecule has 8 heteroatoms. The van der Waals surface area contributed by atoms with Gasteiger partial charge in [0.25, 0.3) is 0 Å². The molecule has 0 radical (unpaired) electrons. The number of hydrogen-bond donors (Lipinski definition) is 2. The number of aliphatic hydroxyl groups is 1. The predicted octanol–water partition coefficient (Wildman–Crippen LogP) is 6.06. The summed E-state index contributed by atoms with van der Waals surface area (Å²) in [7, 11) is 0. The van der Waals surface area contributed by atoms with Crippen LogP contribution >= 0.6 is 23.2 Å². The van der Waals surface area contributed by atoms with Crippen molar-refractivity contribution in [3.8, 4) is 5.75 Å². The third kappa shape index (κ3) is 9.54. The molecule has 35 heavy (non-hydrogen) atoms. The maximum atomic E-state index is 10.5. The smallest absolute Gasteiger partial charge is 0.205 e. The van der Waals surface area contributed by atoms with E-state index in [4.69, 9.17) is 42.1 Å². The highest BCUT2D eigenvalue weighted by molar-refractivity contribution is 6.35. The van der Waals surface area contributed by atoms with Crippen LogP contribution in [0.5, 0.6) is 5.75 Å². The summed E-state index contributed by atoms with van der Waals surface area (Å²) in [6.07, 6.45) is 3.77. The minimum Gasteiger partial charge on any atom is -0.463 e. The van der Waals surface area contributed by atoms with Gasteiger partial charge in [0.05, 0.1) is 32.5 Å². The van der Waals surface area contributed by atoms with Crippen molar-refractivity contribution in [2.75, 3.05) is 32.9 Å². The topological polar surface area (TPSA) is 69.2 Å². The van der Waals surface area contributed by atoms with Crippen molar-refractivity contribution in [1.29, 1.82) is 0 Å². The third-order valence-corrected chi connectivity index (χ3v) is 6.52. The van der Waals surface area contributed by atoms with Crippen molar-refractivity contribution in [3.05, 3.63) is 63.1 Å². The lowest BCUT2D eigenvalue weighted by Crippen LogP contribution is -2.35. The van der Waals surface area contributed by atoms with E-state index in [1.807, 2.05) is 50.2 Å². The highest BCUT2D eigenvalue weighted by Gasteiger charge is 2.27. The summed E-state index contributed by atoms with van der Waals surface area (Å²) < 4.78 is 22.7. The molecule has 3 rings (SSSR count). The molecule has 1 heterocycles. The molecule has 1 aliphatic rings. The van der Waals surface area contributed by atoms with Crippen LogP contribution < -0.4 is 10.1 Å². The highest BCUT2D eigenvalue weighted by atomic mass is 35.5. The van der Waals surface area contributed by atoms with Gasteiger partial charge < -0.3 is 29.4 Å². The van der Waals surface area contributed by atoms with Gasteiger partial charge in [-0.3, -0.25) is 0 Å². The summed E-state index contributed by atoms with van der Waals surface area (Å²) in [5.74, 6) is 0.214. The molecular formula is C27H37Cl2NO5. The van der Waals surface area contributed by atoms with Crippen molar-refractivity contribution < 1.29 is 24.1 Å². The summed E-state index contributed by atoms with van der Waals surface area (Å²) in [4.78, 5) is 0. The summed E-state index contributed by atoms with van der Waals surface area (Å²) in [5.41, 5.74) is 2.66. The van der Waals surface area contributed by atoms with Gasteiger partial charge in [-0.15, -0.1) is 0 Å². The van der Waals surface area contributed by atoms with Crippen LogP contribution in [0.2, 0.25) is 10.0 Å². The van der Waals surface area contributed by atoms with Crippen LogP contribution in [-0.2, 0) is 27.4 Å². The maximum absolute atomic E-state index is 10.5. The second-order valence-corrected chi connectivity index (χ2v) is 9.97. The highest BCUT2D eigenvalue weighted by Crippen LogP contribution is 2.32. The monoisotopic (exact) mass is 525 g/mol. The Morgan fingerprint density at radius 2 is 1.74 bits per heavy atom. The Balaban J connectivity index is 1.16. The number of unbranched alkanes of at least 4 members (excludes halogenated alkanes) is 3. The van der Waals surface area contributed by atoms with Crippen molar-refractivity contribution in [1.82, 2.24) is 5.32 Å². The minimum atomic E-state index is -0.609. The number of hydrogen-bond acceptors (Lipinski definition) is 6. The van der Waals surface area contributed by atoms with Gasteiger partial charge in [-0.25, -0.2) is 0 Å². The van der Waals surface area contributed by atoms with Crippen molar-refractivity contribution in [2.45, 2.75) is 64.6 Å². The number of nitrogens with one attached hydrogen (secondary N) is 1. The van der Waals surface area contributed by atoms with Gasteiger partial charge in [0, 0.05) is 48.2 Å². The molecule has 0 spiro atoms. The van der Waals surface area contributed by atoms with E-state index in [2.05, 4.69) is 5.32 Å². The number of aliphatic hydroxyl groups excluding tert-OH is 1. The average molecular weight is 527 g/mol. The van der Waals surface area contributed by atoms with Gasteiger partial charge in [0.1, 0.15) is 5.75 Å². The van der Waals surface area contributed by atoms with Crippen LogP contribution in [0.3, 0.4) is 0 Å². The molecule has 194 valence electrons. The first-order chi connectivity index (χ1) is 16.9. The van der Waals surface area contributed by atoms with Gasteiger partial charge in [0.15, 0.2) is 0 Å².